The molecule has 0 aliphatic carbocycles. The molecule has 0 amide bonds. The van der Waals surface area contributed by atoms with E-state index in [4.69, 9.17) is 10.5 Å². The highest BCUT2D eigenvalue weighted by Crippen LogP contribution is 2.29. The van der Waals surface area contributed by atoms with Gasteiger partial charge in [0.2, 0.25) is 0 Å². The highest BCUT2D eigenvalue weighted by molar-refractivity contribution is 4.89. The molecular weight excluding hydrogens is 198 g/mol. The van der Waals surface area contributed by atoms with Crippen LogP contribution in [-0.2, 0) is 4.74 Å². The zero-order chi connectivity index (χ0) is 11.9. The lowest BCUT2D eigenvalue weighted by Gasteiger charge is -2.38. The fraction of sp³-hybridized carbons (Fsp3) is 1.00. The van der Waals surface area contributed by atoms with Gasteiger partial charge < -0.3 is 10.5 Å². The van der Waals surface area contributed by atoms with Gasteiger partial charge in [-0.05, 0) is 32.6 Å². The molecule has 2 heteroatoms. The Kier molecular flexibility index (Phi) is 6.37. The van der Waals surface area contributed by atoms with Gasteiger partial charge in [0.15, 0.2) is 0 Å². The number of rotatable bonds is 7. The van der Waals surface area contributed by atoms with Gasteiger partial charge in [0.05, 0.1) is 5.60 Å². The lowest BCUT2D eigenvalue weighted by molar-refractivity contribution is -0.0826. The van der Waals surface area contributed by atoms with Crippen molar-refractivity contribution < 1.29 is 4.74 Å². The molecule has 0 aromatic carbocycles. The second-order valence-corrected chi connectivity index (χ2v) is 5.43. The van der Waals surface area contributed by atoms with Crippen LogP contribution in [0.5, 0.6) is 0 Å². The summed E-state index contributed by atoms with van der Waals surface area (Å²) in [4.78, 5) is 0. The highest BCUT2D eigenvalue weighted by Gasteiger charge is 2.33. The summed E-state index contributed by atoms with van der Waals surface area (Å²) in [5, 5.41) is 0. The summed E-state index contributed by atoms with van der Waals surface area (Å²) in [6.07, 6.45) is 11.4. The molecule has 2 nitrogen and oxygen atoms in total. The predicted molar refractivity (Wildman–Crippen MR) is 69.6 cm³/mol. The van der Waals surface area contributed by atoms with E-state index in [1.165, 1.54) is 44.9 Å². The summed E-state index contributed by atoms with van der Waals surface area (Å²) in [7, 11) is 0. The van der Waals surface area contributed by atoms with E-state index in [-0.39, 0.29) is 11.6 Å². The number of nitrogens with two attached hydrogens (primary N) is 1. The maximum atomic E-state index is 6.27. The Morgan fingerprint density at radius 1 is 1.19 bits per heavy atom. The topological polar surface area (TPSA) is 35.2 Å². The van der Waals surface area contributed by atoms with Gasteiger partial charge in [0.1, 0.15) is 0 Å². The van der Waals surface area contributed by atoms with Crippen molar-refractivity contribution in [1.82, 2.24) is 0 Å². The summed E-state index contributed by atoms with van der Waals surface area (Å²) in [5.74, 6) is 0. The van der Waals surface area contributed by atoms with Crippen LogP contribution < -0.4 is 5.73 Å². The summed E-state index contributed by atoms with van der Waals surface area (Å²) in [6, 6.07) is 0.231. The first-order chi connectivity index (χ1) is 7.69. The summed E-state index contributed by atoms with van der Waals surface area (Å²) in [5.41, 5.74) is 6.23. The molecule has 1 saturated heterocycles. The van der Waals surface area contributed by atoms with E-state index in [2.05, 4.69) is 13.8 Å². The van der Waals surface area contributed by atoms with Crippen LogP contribution in [0.2, 0.25) is 0 Å². The van der Waals surface area contributed by atoms with Gasteiger partial charge >= 0.3 is 0 Å². The van der Waals surface area contributed by atoms with Crippen molar-refractivity contribution in [1.29, 1.82) is 0 Å². The number of unbranched alkanes of at least 4 members (excludes halogenated alkanes) is 4. The third-order valence-electron chi connectivity index (χ3n) is 3.90. The number of hydrogen-bond acceptors (Lipinski definition) is 2. The molecule has 2 N–H and O–H groups in total. The average molecular weight is 227 g/mol. The maximum absolute atomic E-state index is 6.27. The molecule has 0 aromatic rings. The van der Waals surface area contributed by atoms with E-state index < -0.39 is 0 Å². The second-order valence-electron chi connectivity index (χ2n) is 5.43. The largest absolute Gasteiger partial charge is 0.374 e. The van der Waals surface area contributed by atoms with Crippen molar-refractivity contribution in [3.63, 3.8) is 0 Å². The highest BCUT2D eigenvalue weighted by atomic mass is 16.5. The van der Waals surface area contributed by atoms with E-state index >= 15 is 0 Å². The zero-order valence-corrected chi connectivity index (χ0v) is 11.1. The van der Waals surface area contributed by atoms with Gasteiger partial charge in [-0.15, -0.1) is 0 Å². The van der Waals surface area contributed by atoms with E-state index in [1.807, 2.05) is 0 Å². The molecule has 1 aliphatic heterocycles. The first-order valence-corrected chi connectivity index (χ1v) is 7.08. The van der Waals surface area contributed by atoms with Crippen LogP contribution in [0.4, 0.5) is 0 Å². The Morgan fingerprint density at radius 2 is 1.94 bits per heavy atom. The first-order valence-electron chi connectivity index (χ1n) is 7.08. The molecule has 0 bridgehead atoms. The molecule has 0 spiro atoms. The van der Waals surface area contributed by atoms with E-state index in [0.717, 1.165) is 19.4 Å². The molecular formula is C14H29NO. The Balaban J connectivity index is 2.15. The van der Waals surface area contributed by atoms with E-state index in [1.54, 1.807) is 0 Å². The smallest absolute Gasteiger partial charge is 0.0804 e. The van der Waals surface area contributed by atoms with Crippen molar-refractivity contribution in [2.24, 2.45) is 5.73 Å². The number of hydrogen-bond donors (Lipinski definition) is 1. The third kappa shape index (κ3) is 4.42. The van der Waals surface area contributed by atoms with Crippen LogP contribution in [0.25, 0.3) is 0 Å². The Labute approximate surface area is 101 Å². The molecule has 1 rings (SSSR count). The van der Waals surface area contributed by atoms with Crippen LogP contribution in [0, 0.1) is 0 Å². The first kappa shape index (κ1) is 14.0. The van der Waals surface area contributed by atoms with Crippen molar-refractivity contribution >= 4 is 0 Å². The molecule has 1 aliphatic rings. The van der Waals surface area contributed by atoms with Gasteiger partial charge in [-0.2, -0.15) is 0 Å². The summed E-state index contributed by atoms with van der Waals surface area (Å²) in [6.45, 7) is 5.35. The van der Waals surface area contributed by atoms with E-state index in [9.17, 15) is 0 Å². The Morgan fingerprint density at radius 3 is 2.56 bits per heavy atom. The molecule has 0 saturated carbocycles. The molecule has 96 valence electrons. The van der Waals surface area contributed by atoms with E-state index in [0.29, 0.717) is 0 Å². The summed E-state index contributed by atoms with van der Waals surface area (Å²) < 4.78 is 5.88. The van der Waals surface area contributed by atoms with Gasteiger partial charge in [0.25, 0.3) is 0 Å². The van der Waals surface area contributed by atoms with Crippen LogP contribution in [0.15, 0.2) is 0 Å². The van der Waals surface area contributed by atoms with Crippen LogP contribution in [-0.4, -0.2) is 18.2 Å². The molecule has 1 heterocycles. The standard InChI is InChI=1S/C14H29NO/c1-3-4-5-6-7-10-13(15)14(2)11-8-9-12-16-14/h13H,3-12,15H2,1-2H3. The van der Waals surface area contributed by atoms with Gasteiger partial charge in [-0.1, -0.05) is 39.0 Å². The predicted octanol–water partition coefficient (Wildman–Crippen LogP) is 3.63. The van der Waals surface area contributed by atoms with Gasteiger partial charge in [0, 0.05) is 12.6 Å². The molecule has 1 fully saturated rings. The van der Waals surface area contributed by atoms with Crippen molar-refractivity contribution in [3.05, 3.63) is 0 Å². The molecule has 0 radical (unpaired) electrons. The average Bonchev–Trinajstić information content (AvgIpc) is 2.29. The second kappa shape index (κ2) is 7.29. The normalized spacial score (nSPS) is 27.9. The van der Waals surface area contributed by atoms with Crippen LogP contribution >= 0.6 is 0 Å². The lowest BCUT2D eigenvalue weighted by Crippen LogP contribution is -2.49. The minimum atomic E-state index is -0.0387. The summed E-state index contributed by atoms with van der Waals surface area (Å²) >= 11 is 0. The van der Waals surface area contributed by atoms with Crippen LogP contribution in [0.3, 0.4) is 0 Å². The molecule has 16 heavy (non-hydrogen) atoms. The zero-order valence-electron chi connectivity index (χ0n) is 11.1. The van der Waals surface area contributed by atoms with Crippen molar-refractivity contribution in [3.8, 4) is 0 Å². The quantitative estimate of drug-likeness (QED) is 0.674. The van der Waals surface area contributed by atoms with Crippen molar-refractivity contribution in [2.45, 2.75) is 83.3 Å². The minimum Gasteiger partial charge on any atom is -0.374 e. The fourth-order valence-electron chi connectivity index (χ4n) is 2.52. The van der Waals surface area contributed by atoms with Gasteiger partial charge in [-0.3, -0.25) is 0 Å². The van der Waals surface area contributed by atoms with Crippen LogP contribution in [0.1, 0.15) is 71.6 Å². The maximum Gasteiger partial charge on any atom is 0.0804 e. The molecule has 2 atom stereocenters. The molecule has 2 unspecified atom stereocenters. The Hall–Kier alpha value is -0.0800. The lowest BCUT2D eigenvalue weighted by atomic mass is 9.86. The molecule has 0 aromatic heterocycles. The third-order valence-corrected chi connectivity index (χ3v) is 3.90. The monoisotopic (exact) mass is 227 g/mol. The number of ether oxygens (including phenoxy) is 1. The van der Waals surface area contributed by atoms with Gasteiger partial charge in [-0.25, -0.2) is 0 Å². The fourth-order valence-corrected chi connectivity index (χ4v) is 2.52. The van der Waals surface area contributed by atoms with Crippen molar-refractivity contribution in [2.75, 3.05) is 6.61 Å². The SMILES string of the molecule is CCCCCCCC(N)C1(C)CCCCO1. The Bertz CT molecular complexity index is 176. The minimum absolute atomic E-state index is 0.0387.